The Labute approximate surface area is 211 Å². The van der Waals surface area contributed by atoms with Crippen LogP contribution in [0.15, 0.2) is 53.5 Å². The highest BCUT2D eigenvalue weighted by atomic mass is 19.4. The van der Waals surface area contributed by atoms with E-state index in [9.17, 15) is 22.8 Å². The highest BCUT2D eigenvalue weighted by molar-refractivity contribution is 6.04. The number of hydrogen-bond donors (Lipinski definition) is 1. The topological polar surface area (TPSA) is 87.4 Å². The van der Waals surface area contributed by atoms with Gasteiger partial charge in [0.2, 0.25) is 0 Å². The molecule has 192 valence electrons. The molecule has 1 fully saturated rings. The van der Waals surface area contributed by atoms with Crippen LogP contribution >= 0.6 is 0 Å². The third-order valence-electron chi connectivity index (χ3n) is 6.27. The molecule has 3 aromatic rings. The molecule has 1 amide bonds. The molecule has 1 aliphatic rings. The maximum atomic E-state index is 13.5. The van der Waals surface area contributed by atoms with Crippen molar-refractivity contribution in [3.8, 4) is 17.2 Å². The molecule has 37 heavy (non-hydrogen) atoms. The highest BCUT2D eigenvalue weighted by Gasteiger charge is 2.34. The lowest BCUT2D eigenvalue weighted by molar-refractivity contribution is -0.138. The summed E-state index contributed by atoms with van der Waals surface area (Å²) in [7, 11) is 1.67. The summed E-state index contributed by atoms with van der Waals surface area (Å²) in [6, 6.07) is 11.9. The van der Waals surface area contributed by atoms with Crippen LogP contribution in [0.3, 0.4) is 0 Å². The quantitative estimate of drug-likeness (QED) is 0.545. The van der Waals surface area contributed by atoms with Gasteiger partial charge in [-0.3, -0.25) is 9.59 Å². The van der Waals surface area contributed by atoms with E-state index in [4.69, 9.17) is 10.00 Å². The number of pyridine rings is 1. The van der Waals surface area contributed by atoms with Gasteiger partial charge in [-0.05, 0) is 53.9 Å². The van der Waals surface area contributed by atoms with Crippen molar-refractivity contribution >= 4 is 17.3 Å². The van der Waals surface area contributed by atoms with Gasteiger partial charge in [-0.2, -0.15) is 18.4 Å². The van der Waals surface area contributed by atoms with E-state index in [1.165, 1.54) is 10.6 Å². The third-order valence-corrected chi connectivity index (χ3v) is 6.27. The van der Waals surface area contributed by atoms with Crippen LogP contribution in [0.4, 0.5) is 24.5 Å². The number of anilines is 2. The zero-order chi connectivity index (χ0) is 26.7. The molecule has 0 saturated carbocycles. The molecule has 1 aromatic heterocycles. The summed E-state index contributed by atoms with van der Waals surface area (Å²) >= 11 is 0. The maximum Gasteiger partial charge on any atom is 0.416 e. The fourth-order valence-electron chi connectivity index (χ4n) is 4.31. The molecule has 0 bridgehead atoms. The summed E-state index contributed by atoms with van der Waals surface area (Å²) in [6.45, 7) is 4.15. The monoisotopic (exact) mass is 510 g/mol. The van der Waals surface area contributed by atoms with Crippen molar-refractivity contribution in [1.29, 1.82) is 5.26 Å². The van der Waals surface area contributed by atoms with E-state index in [1.54, 1.807) is 37.5 Å². The summed E-state index contributed by atoms with van der Waals surface area (Å²) in [6.07, 6.45) is -3.39. The standard InChI is InChI=1S/C27H25F3N4O3/c1-17-3-6-21(32-25(35)19-5-4-18(7-8-31)23(13-19)27(28,29)30)15-22(17)20-14-24(26(36)33(2)16-20)34-9-11-37-12-10-34/h3-6,13-16H,7,9-12H2,1-2H3,(H,32,35). The van der Waals surface area contributed by atoms with Gasteiger partial charge in [0.1, 0.15) is 5.69 Å². The molecule has 7 nitrogen and oxygen atoms in total. The Balaban J connectivity index is 1.66. The number of carbonyl (C=O) groups is 1. The van der Waals surface area contributed by atoms with Gasteiger partial charge in [0.15, 0.2) is 0 Å². The van der Waals surface area contributed by atoms with E-state index in [1.807, 2.05) is 17.9 Å². The van der Waals surface area contributed by atoms with E-state index in [-0.39, 0.29) is 16.7 Å². The lowest BCUT2D eigenvalue weighted by Gasteiger charge is -2.29. The zero-order valence-corrected chi connectivity index (χ0v) is 20.4. The van der Waals surface area contributed by atoms with Crippen molar-refractivity contribution in [3.63, 3.8) is 0 Å². The molecule has 2 aromatic carbocycles. The number of aryl methyl sites for hydroxylation is 2. The smallest absolute Gasteiger partial charge is 0.378 e. The summed E-state index contributed by atoms with van der Waals surface area (Å²) in [5.74, 6) is -0.710. The van der Waals surface area contributed by atoms with Crippen LogP contribution in [0, 0.1) is 18.3 Å². The van der Waals surface area contributed by atoms with Gasteiger partial charge < -0.3 is 19.5 Å². The second-order valence-corrected chi connectivity index (χ2v) is 8.82. The Morgan fingerprint density at radius 1 is 1.14 bits per heavy atom. The molecule has 1 N–H and O–H groups in total. The number of nitrogens with zero attached hydrogens (tertiary/aromatic N) is 3. The van der Waals surface area contributed by atoms with Crippen LogP contribution in [0.25, 0.3) is 11.1 Å². The third kappa shape index (κ3) is 5.67. The molecule has 0 aliphatic carbocycles. The number of benzene rings is 2. The fourth-order valence-corrected chi connectivity index (χ4v) is 4.31. The predicted octanol–water partition coefficient (Wildman–Crippen LogP) is 4.53. The first-order valence-corrected chi connectivity index (χ1v) is 11.6. The number of ether oxygens (including phenoxy) is 1. The van der Waals surface area contributed by atoms with Gasteiger partial charge in [-0.1, -0.05) is 12.1 Å². The highest BCUT2D eigenvalue weighted by Crippen LogP contribution is 2.33. The normalized spacial score (nSPS) is 13.8. The first kappa shape index (κ1) is 26.0. The van der Waals surface area contributed by atoms with E-state index in [0.717, 1.165) is 28.8 Å². The van der Waals surface area contributed by atoms with Crippen molar-refractivity contribution in [2.45, 2.75) is 19.5 Å². The molecule has 1 aliphatic heterocycles. The number of nitriles is 1. The zero-order valence-electron chi connectivity index (χ0n) is 20.4. The molecule has 0 spiro atoms. The van der Waals surface area contributed by atoms with Gasteiger partial charge in [0, 0.05) is 43.1 Å². The molecule has 1 saturated heterocycles. The second kappa shape index (κ2) is 10.5. The summed E-state index contributed by atoms with van der Waals surface area (Å²) in [5.41, 5.74) is 1.87. The number of aromatic nitrogens is 1. The Morgan fingerprint density at radius 3 is 2.54 bits per heavy atom. The molecular formula is C27H25F3N4O3. The molecule has 0 unspecified atom stereocenters. The average Bonchev–Trinajstić information content (AvgIpc) is 2.87. The first-order chi connectivity index (χ1) is 17.6. The summed E-state index contributed by atoms with van der Waals surface area (Å²) in [4.78, 5) is 27.6. The number of alkyl halides is 3. The predicted molar refractivity (Wildman–Crippen MR) is 134 cm³/mol. The largest absolute Gasteiger partial charge is 0.416 e. The van der Waals surface area contributed by atoms with E-state index >= 15 is 0 Å². The van der Waals surface area contributed by atoms with Crippen molar-refractivity contribution in [2.75, 3.05) is 36.5 Å². The number of hydrogen-bond acceptors (Lipinski definition) is 5. The van der Waals surface area contributed by atoms with Crippen molar-refractivity contribution in [2.24, 2.45) is 7.05 Å². The minimum absolute atomic E-state index is 0.131. The van der Waals surface area contributed by atoms with Gasteiger partial charge >= 0.3 is 6.18 Å². The Hall–Kier alpha value is -4.10. The maximum absolute atomic E-state index is 13.5. The van der Waals surface area contributed by atoms with Gasteiger partial charge in [-0.25, -0.2) is 0 Å². The number of halogens is 3. The van der Waals surface area contributed by atoms with E-state index in [0.29, 0.717) is 37.7 Å². The van der Waals surface area contributed by atoms with E-state index in [2.05, 4.69) is 5.32 Å². The van der Waals surface area contributed by atoms with Crippen molar-refractivity contribution < 1.29 is 22.7 Å². The van der Waals surface area contributed by atoms with Gasteiger partial charge in [-0.15, -0.1) is 0 Å². The average molecular weight is 511 g/mol. The minimum atomic E-state index is -4.69. The SMILES string of the molecule is Cc1ccc(NC(=O)c2ccc(CC#N)c(C(F)(F)F)c2)cc1-c1cc(N2CCOCC2)c(=O)n(C)c1. The summed E-state index contributed by atoms with van der Waals surface area (Å²) in [5, 5.41) is 11.5. The van der Waals surface area contributed by atoms with Gasteiger partial charge in [0.25, 0.3) is 11.5 Å². The minimum Gasteiger partial charge on any atom is -0.378 e. The molecular weight excluding hydrogens is 485 g/mol. The lowest BCUT2D eigenvalue weighted by atomic mass is 9.99. The lowest BCUT2D eigenvalue weighted by Crippen LogP contribution is -2.40. The van der Waals surface area contributed by atoms with Crippen LogP contribution in [-0.2, 0) is 24.4 Å². The van der Waals surface area contributed by atoms with Crippen LogP contribution in [0.1, 0.15) is 27.0 Å². The number of amides is 1. The second-order valence-electron chi connectivity index (χ2n) is 8.82. The van der Waals surface area contributed by atoms with Crippen LogP contribution in [0.5, 0.6) is 0 Å². The number of morpholine rings is 1. The van der Waals surface area contributed by atoms with E-state index < -0.39 is 24.1 Å². The van der Waals surface area contributed by atoms with Crippen LogP contribution < -0.4 is 15.8 Å². The number of rotatable bonds is 5. The van der Waals surface area contributed by atoms with Crippen LogP contribution in [0.2, 0.25) is 0 Å². The molecule has 10 heteroatoms. The molecule has 0 atom stereocenters. The van der Waals surface area contributed by atoms with Crippen molar-refractivity contribution in [1.82, 2.24) is 4.57 Å². The first-order valence-electron chi connectivity index (χ1n) is 11.6. The fraction of sp³-hybridized carbons (Fsp3) is 0.296. The molecule has 0 radical (unpaired) electrons. The summed E-state index contributed by atoms with van der Waals surface area (Å²) < 4.78 is 47.3. The number of nitrogens with one attached hydrogen (secondary N) is 1. The molecule has 4 rings (SSSR count). The Morgan fingerprint density at radius 2 is 1.86 bits per heavy atom. The molecule has 2 heterocycles. The van der Waals surface area contributed by atoms with Crippen LogP contribution in [-0.4, -0.2) is 36.8 Å². The van der Waals surface area contributed by atoms with Gasteiger partial charge in [0.05, 0.1) is 31.3 Å². The Bertz CT molecular complexity index is 1430. The van der Waals surface area contributed by atoms with Crippen molar-refractivity contribution in [3.05, 3.63) is 81.3 Å². The Kier molecular flexibility index (Phi) is 7.36. The number of carbonyl (C=O) groups excluding carboxylic acids is 1.